The lowest BCUT2D eigenvalue weighted by atomic mass is 10.0. The van der Waals surface area contributed by atoms with E-state index in [1.54, 1.807) is 20.8 Å². The molecule has 0 aliphatic heterocycles. The number of carbonyl (C=O) groups excluding carboxylic acids is 8. The largest absolute Gasteiger partial charge is 0.444 e. The lowest BCUT2D eigenvalue weighted by molar-refractivity contribution is -0.132. The SMILES string of the molecule is CC(C)CC(C)NC(=O)C(Cc1ccccc1)NC(=O)CNC(=O)CCC(NC(=O)CNC(=O)OC(C)(C)C)C(=O)NCC(=O)NC(Cc1ccccc1)C(=O)NC(C)CC(C)C. The molecule has 0 bridgehead atoms. The minimum absolute atomic E-state index is 0.133. The van der Waals surface area contributed by atoms with Crippen LogP contribution >= 0.6 is 0 Å². The number of hydrogen-bond acceptors (Lipinski definition) is 9. The van der Waals surface area contributed by atoms with Crippen LogP contribution in [0.5, 0.6) is 0 Å². The molecule has 0 aromatic heterocycles. The zero-order valence-corrected chi connectivity index (χ0v) is 38.4. The minimum Gasteiger partial charge on any atom is -0.444 e. The fraction of sp³-hybridized carbons (Fsp3) is 0.565. The quantitative estimate of drug-likeness (QED) is 0.0730. The molecule has 348 valence electrons. The van der Waals surface area contributed by atoms with Crippen LogP contribution in [-0.4, -0.2) is 103 Å². The summed E-state index contributed by atoms with van der Waals surface area (Å²) in [6, 6.07) is 14.8. The molecule has 63 heavy (non-hydrogen) atoms. The van der Waals surface area contributed by atoms with E-state index in [9.17, 15) is 38.4 Å². The second kappa shape index (κ2) is 27.1. The second-order valence-electron chi connectivity index (χ2n) is 17.7. The third kappa shape index (κ3) is 23.7. The standard InChI is InChI=1S/C46H70N8O9/c1-29(2)22-31(5)50-43(60)36(24-33-16-12-10-13-17-33)53-39(56)26-47-38(55)21-20-35(52-41(58)28-49-45(62)63-46(7,8)9)42(59)48-27-40(57)54-37(25-34-18-14-11-15-19-34)44(61)51-32(6)23-30(3)4/h10-19,29-32,35-37H,20-28H2,1-9H3,(H,47,55)(H,48,59)(H,49,62)(H,50,60)(H,51,61)(H,52,58)(H,53,56)(H,54,57). The average molecular weight is 879 g/mol. The smallest absolute Gasteiger partial charge is 0.408 e. The molecule has 2 aromatic rings. The van der Waals surface area contributed by atoms with E-state index in [1.165, 1.54) is 0 Å². The highest BCUT2D eigenvalue weighted by atomic mass is 16.6. The topological polar surface area (TPSA) is 242 Å². The lowest BCUT2D eigenvalue weighted by Gasteiger charge is -2.23. The number of amides is 8. The first kappa shape index (κ1) is 53.1. The predicted molar refractivity (Wildman–Crippen MR) is 240 cm³/mol. The first-order valence-corrected chi connectivity index (χ1v) is 21.7. The summed E-state index contributed by atoms with van der Waals surface area (Å²) >= 11 is 0. The summed E-state index contributed by atoms with van der Waals surface area (Å²) < 4.78 is 5.16. The van der Waals surface area contributed by atoms with Gasteiger partial charge in [0.25, 0.3) is 0 Å². The van der Waals surface area contributed by atoms with Gasteiger partial charge in [0.2, 0.25) is 41.4 Å². The van der Waals surface area contributed by atoms with E-state index in [0.717, 1.165) is 24.0 Å². The molecule has 2 aromatic carbocycles. The Labute approximate surface area is 372 Å². The summed E-state index contributed by atoms with van der Waals surface area (Å²) in [7, 11) is 0. The van der Waals surface area contributed by atoms with Gasteiger partial charge in [0.1, 0.15) is 30.3 Å². The number of rotatable bonds is 25. The van der Waals surface area contributed by atoms with Gasteiger partial charge in [0.15, 0.2) is 0 Å². The molecule has 0 saturated heterocycles. The van der Waals surface area contributed by atoms with E-state index < -0.39 is 79.0 Å². The number of nitrogens with one attached hydrogen (secondary N) is 8. The molecule has 17 heteroatoms. The van der Waals surface area contributed by atoms with Crippen molar-refractivity contribution >= 4 is 47.4 Å². The molecule has 0 aliphatic carbocycles. The summed E-state index contributed by atoms with van der Waals surface area (Å²) in [5.74, 6) is -3.62. The molecule has 8 N–H and O–H groups in total. The van der Waals surface area contributed by atoms with Gasteiger partial charge in [-0.3, -0.25) is 33.6 Å². The Hall–Kier alpha value is -6.00. The molecule has 5 unspecified atom stereocenters. The maximum atomic E-state index is 13.5. The molecule has 0 aliphatic rings. The van der Waals surface area contributed by atoms with Crippen LogP contribution in [0.2, 0.25) is 0 Å². The fourth-order valence-electron chi connectivity index (χ4n) is 6.64. The van der Waals surface area contributed by atoms with Crippen LogP contribution in [0, 0.1) is 11.8 Å². The van der Waals surface area contributed by atoms with Crippen molar-refractivity contribution in [1.29, 1.82) is 0 Å². The summed E-state index contributed by atoms with van der Waals surface area (Å²) in [5, 5.41) is 21.0. The van der Waals surface area contributed by atoms with Gasteiger partial charge in [-0.1, -0.05) is 88.4 Å². The van der Waals surface area contributed by atoms with Crippen molar-refractivity contribution in [2.45, 2.75) is 137 Å². The highest BCUT2D eigenvalue weighted by molar-refractivity contribution is 5.94. The zero-order chi connectivity index (χ0) is 47.1. The van der Waals surface area contributed by atoms with E-state index in [-0.39, 0.29) is 49.6 Å². The van der Waals surface area contributed by atoms with Crippen LogP contribution in [0.3, 0.4) is 0 Å². The molecule has 0 saturated carbocycles. The molecule has 5 atom stereocenters. The number of hydrogen-bond donors (Lipinski definition) is 8. The first-order chi connectivity index (χ1) is 29.6. The van der Waals surface area contributed by atoms with Crippen molar-refractivity contribution in [2.24, 2.45) is 11.8 Å². The van der Waals surface area contributed by atoms with Gasteiger partial charge >= 0.3 is 6.09 Å². The Bertz CT molecular complexity index is 1800. The van der Waals surface area contributed by atoms with Crippen LogP contribution in [-0.2, 0) is 51.1 Å². The average Bonchev–Trinajstić information content (AvgIpc) is 3.18. The van der Waals surface area contributed by atoms with Gasteiger partial charge in [-0.05, 0) is 76.8 Å². The van der Waals surface area contributed by atoms with Crippen molar-refractivity contribution in [3.8, 4) is 0 Å². The molecule has 0 fully saturated rings. The van der Waals surface area contributed by atoms with Crippen LogP contribution in [0.4, 0.5) is 4.79 Å². The third-order valence-electron chi connectivity index (χ3n) is 9.27. The number of ether oxygens (including phenoxy) is 1. The molecule has 0 radical (unpaired) electrons. The van der Waals surface area contributed by atoms with Crippen molar-refractivity contribution in [3.05, 3.63) is 71.8 Å². The maximum absolute atomic E-state index is 13.5. The number of benzene rings is 2. The monoisotopic (exact) mass is 879 g/mol. The van der Waals surface area contributed by atoms with Crippen LogP contribution in [0.25, 0.3) is 0 Å². The van der Waals surface area contributed by atoms with Gasteiger partial charge in [-0.25, -0.2) is 4.79 Å². The van der Waals surface area contributed by atoms with Crippen LogP contribution < -0.4 is 42.5 Å². The second-order valence-corrected chi connectivity index (χ2v) is 17.7. The molecule has 2 rings (SSSR count). The van der Waals surface area contributed by atoms with E-state index in [0.29, 0.717) is 11.8 Å². The van der Waals surface area contributed by atoms with Crippen LogP contribution in [0.15, 0.2) is 60.7 Å². The molecular formula is C46H70N8O9. The van der Waals surface area contributed by atoms with E-state index in [2.05, 4.69) is 42.5 Å². The number of alkyl carbamates (subject to hydrolysis) is 1. The Kier molecular flexibility index (Phi) is 22.9. The van der Waals surface area contributed by atoms with Crippen molar-refractivity contribution in [2.75, 3.05) is 19.6 Å². The lowest BCUT2D eigenvalue weighted by Crippen LogP contribution is -2.54. The first-order valence-electron chi connectivity index (χ1n) is 21.7. The normalized spacial score (nSPS) is 13.6. The Morgan fingerprint density at radius 3 is 1.30 bits per heavy atom. The summed E-state index contributed by atoms with van der Waals surface area (Å²) in [5.41, 5.74) is 0.802. The van der Waals surface area contributed by atoms with Crippen molar-refractivity contribution in [1.82, 2.24) is 42.5 Å². The third-order valence-corrected chi connectivity index (χ3v) is 9.27. The van der Waals surface area contributed by atoms with Gasteiger partial charge in [0, 0.05) is 31.3 Å². The Morgan fingerprint density at radius 2 is 0.889 bits per heavy atom. The molecule has 17 nitrogen and oxygen atoms in total. The Balaban J connectivity index is 2.11. The Morgan fingerprint density at radius 1 is 0.492 bits per heavy atom. The van der Waals surface area contributed by atoms with Crippen LogP contribution in [0.1, 0.15) is 99.1 Å². The van der Waals surface area contributed by atoms with Gasteiger partial charge in [-0.15, -0.1) is 0 Å². The minimum atomic E-state index is -1.36. The van der Waals surface area contributed by atoms with Gasteiger partial charge < -0.3 is 47.3 Å². The molecule has 8 amide bonds. The molecule has 0 heterocycles. The predicted octanol–water partition coefficient (Wildman–Crippen LogP) is 2.57. The van der Waals surface area contributed by atoms with E-state index in [4.69, 9.17) is 4.74 Å². The summed E-state index contributed by atoms with van der Waals surface area (Å²) in [6.07, 6.45) is 0.406. The zero-order valence-electron chi connectivity index (χ0n) is 38.4. The highest BCUT2D eigenvalue weighted by Crippen LogP contribution is 2.10. The molecular weight excluding hydrogens is 809 g/mol. The summed E-state index contributed by atoms with van der Waals surface area (Å²) in [6.45, 7) is 15.3. The van der Waals surface area contributed by atoms with Crippen molar-refractivity contribution in [3.63, 3.8) is 0 Å². The van der Waals surface area contributed by atoms with Gasteiger partial charge in [-0.2, -0.15) is 0 Å². The van der Waals surface area contributed by atoms with E-state index in [1.807, 2.05) is 102 Å². The van der Waals surface area contributed by atoms with Crippen molar-refractivity contribution < 1.29 is 43.1 Å². The maximum Gasteiger partial charge on any atom is 0.408 e. The summed E-state index contributed by atoms with van der Waals surface area (Å²) in [4.78, 5) is 104. The molecule has 0 spiro atoms. The highest BCUT2D eigenvalue weighted by Gasteiger charge is 2.27. The number of carbonyl (C=O) groups is 8. The fourth-order valence-corrected chi connectivity index (χ4v) is 6.64. The van der Waals surface area contributed by atoms with Gasteiger partial charge in [0.05, 0.1) is 13.1 Å². The van der Waals surface area contributed by atoms with E-state index >= 15 is 0 Å².